The van der Waals surface area contributed by atoms with Gasteiger partial charge in [-0.3, -0.25) is 5.41 Å². The molecular weight excluding hydrogens is 581 g/mol. The van der Waals surface area contributed by atoms with Gasteiger partial charge in [0.15, 0.2) is 0 Å². The van der Waals surface area contributed by atoms with Crippen molar-refractivity contribution in [1.29, 1.82) is 5.41 Å². The molecule has 2 nitrogen and oxygen atoms in total. The van der Waals surface area contributed by atoms with Gasteiger partial charge in [0.25, 0.3) is 0 Å². The first kappa shape index (κ1) is 28.0. The Hall–Kier alpha value is -6.25. The molecule has 8 aromatic rings. The molecule has 0 aliphatic heterocycles. The van der Waals surface area contributed by atoms with Crippen LogP contribution in [0, 0.1) is 5.41 Å². The molecule has 3 N–H and O–H groups in total. The predicted molar refractivity (Wildman–Crippen MR) is 201 cm³/mol. The van der Waals surface area contributed by atoms with Gasteiger partial charge < -0.3 is 5.73 Å². The highest BCUT2D eigenvalue weighted by Gasteiger charge is 2.46. The lowest BCUT2D eigenvalue weighted by molar-refractivity contribution is 0.769. The Morgan fingerprint density at radius 2 is 0.938 bits per heavy atom. The summed E-state index contributed by atoms with van der Waals surface area (Å²) >= 11 is 0. The molecule has 9 rings (SSSR count). The molecular formula is C46H32N2. The third-order valence-electron chi connectivity index (χ3n) is 10.2. The van der Waals surface area contributed by atoms with Gasteiger partial charge in [-0.1, -0.05) is 176 Å². The van der Waals surface area contributed by atoms with Gasteiger partial charge in [-0.2, -0.15) is 0 Å². The molecule has 1 aliphatic carbocycles. The molecule has 48 heavy (non-hydrogen) atoms. The first-order valence-electron chi connectivity index (χ1n) is 16.4. The molecule has 0 amide bonds. The van der Waals surface area contributed by atoms with Crippen molar-refractivity contribution in [1.82, 2.24) is 0 Å². The van der Waals surface area contributed by atoms with E-state index in [1.165, 1.54) is 44.2 Å². The largest absolute Gasteiger partial charge is 0.384 e. The SMILES string of the molecule is N=C(N)c1ccc2ccccc2c1-c1ccc(-c2ccc(C3(c4ccccc4)c4ccccc4-c4c3ccc3ccccc43)cc2)cc1. The second-order valence-corrected chi connectivity index (χ2v) is 12.6. The number of rotatable bonds is 5. The highest BCUT2D eigenvalue weighted by molar-refractivity contribution is 6.10. The minimum Gasteiger partial charge on any atom is -0.384 e. The Bertz CT molecular complexity index is 2510. The molecule has 0 heterocycles. The Kier molecular flexibility index (Phi) is 6.38. The van der Waals surface area contributed by atoms with E-state index in [1.54, 1.807) is 0 Å². The topological polar surface area (TPSA) is 49.9 Å². The van der Waals surface area contributed by atoms with Gasteiger partial charge in [0.05, 0.1) is 5.41 Å². The number of hydrogen-bond acceptors (Lipinski definition) is 1. The predicted octanol–water partition coefficient (Wildman–Crippen LogP) is 11.0. The minimum absolute atomic E-state index is 0.0748. The molecule has 1 unspecified atom stereocenters. The van der Waals surface area contributed by atoms with Crippen LogP contribution in [0.3, 0.4) is 0 Å². The molecule has 8 aromatic carbocycles. The number of benzene rings is 8. The maximum absolute atomic E-state index is 8.25. The number of nitrogen functional groups attached to an aromatic ring is 1. The van der Waals surface area contributed by atoms with Gasteiger partial charge in [-0.25, -0.2) is 0 Å². The van der Waals surface area contributed by atoms with Gasteiger partial charge in [0.2, 0.25) is 0 Å². The summed E-state index contributed by atoms with van der Waals surface area (Å²) in [5.74, 6) is 0.0748. The van der Waals surface area contributed by atoms with Gasteiger partial charge in [0.1, 0.15) is 5.84 Å². The summed E-state index contributed by atoms with van der Waals surface area (Å²) < 4.78 is 0. The fourth-order valence-electron chi connectivity index (χ4n) is 8.07. The smallest absolute Gasteiger partial charge is 0.123 e. The third kappa shape index (κ3) is 4.09. The highest BCUT2D eigenvalue weighted by atomic mass is 14.7. The van der Waals surface area contributed by atoms with Crippen molar-refractivity contribution in [2.24, 2.45) is 5.73 Å². The molecule has 2 heteroatoms. The number of amidine groups is 1. The van der Waals surface area contributed by atoms with Crippen molar-refractivity contribution in [3.8, 4) is 33.4 Å². The summed E-state index contributed by atoms with van der Waals surface area (Å²) in [6.07, 6.45) is 0. The average molecular weight is 613 g/mol. The van der Waals surface area contributed by atoms with Crippen molar-refractivity contribution in [2.75, 3.05) is 0 Å². The van der Waals surface area contributed by atoms with Crippen molar-refractivity contribution in [3.63, 3.8) is 0 Å². The maximum Gasteiger partial charge on any atom is 0.123 e. The first-order chi connectivity index (χ1) is 23.6. The molecule has 1 atom stereocenters. The van der Waals surface area contributed by atoms with Gasteiger partial charge in [-0.15, -0.1) is 0 Å². The van der Waals surface area contributed by atoms with Crippen LogP contribution in [-0.2, 0) is 5.41 Å². The van der Waals surface area contributed by atoms with Crippen LogP contribution in [0.25, 0.3) is 54.9 Å². The van der Waals surface area contributed by atoms with Gasteiger partial charge >= 0.3 is 0 Å². The molecule has 0 bridgehead atoms. The Morgan fingerprint density at radius 3 is 1.62 bits per heavy atom. The monoisotopic (exact) mass is 612 g/mol. The molecule has 0 fully saturated rings. The second-order valence-electron chi connectivity index (χ2n) is 12.6. The van der Waals surface area contributed by atoms with E-state index in [0.29, 0.717) is 0 Å². The Labute approximate surface area is 280 Å². The van der Waals surface area contributed by atoms with E-state index in [9.17, 15) is 0 Å². The highest BCUT2D eigenvalue weighted by Crippen LogP contribution is 2.57. The van der Waals surface area contributed by atoms with Crippen molar-refractivity contribution in [2.45, 2.75) is 5.41 Å². The Morgan fingerprint density at radius 1 is 0.417 bits per heavy atom. The maximum atomic E-state index is 8.25. The molecule has 0 saturated carbocycles. The number of nitrogens with one attached hydrogen (secondary N) is 1. The van der Waals surface area contributed by atoms with Gasteiger partial charge in [-0.05, 0) is 71.6 Å². The third-order valence-corrected chi connectivity index (χ3v) is 10.2. The van der Waals surface area contributed by atoms with E-state index in [4.69, 9.17) is 11.1 Å². The second kappa shape index (κ2) is 10.9. The van der Waals surface area contributed by atoms with E-state index in [0.717, 1.165) is 38.6 Å². The summed E-state index contributed by atoms with van der Waals surface area (Å²) in [5.41, 5.74) is 18.5. The number of hydrogen-bond donors (Lipinski definition) is 2. The molecule has 0 radical (unpaired) electrons. The molecule has 226 valence electrons. The van der Waals surface area contributed by atoms with Gasteiger partial charge in [0, 0.05) is 11.1 Å². The summed E-state index contributed by atoms with van der Waals surface area (Å²) in [6.45, 7) is 0. The molecule has 1 aliphatic rings. The Balaban J connectivity index is 1.18. The summed E-state index contributed by atoms with van der Waals surface area (Å²) in [6, 6.07) is 63.3. The van der Waals surface area contributed by atoms with Crippen molar-refractivity contribution < 1.29 is 0 Å². The fraction of sp³-hybridized carbons (Fsp3) is 0.0217. The van der Waals surface area contributed by atoms with E-state index >= 15 is 0 Å². The van der Waals surface area contributed by atoms with E-state index in [-0.39, 0.29) is 5.84 Å². The zero-order valence-electron chi connectivity index (χ0n) is 26.3. The quantitative estimate of drug-likeness (QED) is 0.147. The van der Waals surface area contributed by atoms with Crippen LogP contribution < -0.4 is 5.73 Å². The van der Waals surface area contributed by atoms with Crippen LogP contribution in [0.15, 0.2) is 176 Å². The molecule has 0 aromatic heterocycles. The lowest BCUT2D eigenvalue weighted by Gasteiger charge is -2.34. The van der Waals surface area contributed by atoms with Crippen LogP contribution in [0.4, 0.5) is 0 Å². The van der Waals surface area contributed by atoms with Crippen LogP contribution in [0.1, 0.15) is 27.8 Å². The van der Waals surface area contributed by atoms with E-state index in [1.807, 2.05) is 24.3 Å². The van der Waals surface area contributed by atoms with E-state index < -0.39 is 5.41 Å². The van der Waals surface area contributed by atoms with Crippen LogP contribution in [-0.4, -0.2) is 5.84 Å². The van der Waals surface area contributed by atoms with Crippen LogP contribution in [0.2, 0.25) is 0 Å². The van der Waals surface area contributed by atoms with E-state index in [2.05, 4.69) is 152 Å². The van der Waals surface area contributed by atoms with Crippen molar-refractivity contribution in [3.05, 3.63) is 204 Å². The summed E-state index contributed by atoms with van der Waals surface area (Å²) in [4.78, 5) is 0. The lowest BCUT2D eigenvalue weighted by atomic mass is 9.67. The van der Waals surface area contributed by atoms with Crippen molar-refractivity contribution >= 4 is 27.4 Å². The number of nitrogens with two attached hydrogens (primary N) is 1. The fourth-order valence-corrected chi connectivity index (χ4v) is 8.07. The number of fused-ring (bicyclic) bond motifs is 6. The lowest BCUT2D eigenvalue weighted by Crippen LogP contribution is -2.28. The average Bonchev–Trinajstić information content (AvgIpc) is 3.46. The minimum atomic E-state index is -0.447. The zero-order chi connectivity index (χ0) is 32.2. The van der Waals surface area contributed by atoms with Crippen LogP contribution >= 0.6 is 0 Å². The molecule has 0 spiro atoms. The molecule has 0 saturated heterocycles. The standard InChI is InChI=1S/C46H32N2/c47-45(48)40-28-24-32-10-4-6-14-37(32)43(40)34-20-18-30(19-21-34)31-22-26-36(27-23-31)46(35-12-2-1-3-13-35)41-17-9-8-16-39(41)44-38-15-7-5-11-33(38)25-29-42(44)46/h1-29H,(H3,47,48). The zero-order valence-corrected chi connectivity index (χ0v) is 26.3. The van der Waals surface area contributed by atoms with Crippen LogP contribution in [0.5, 0.6) is 0 Å². The summed E-state index contributed by atoms with van der Waals surface area (Å²) in [7, 11) is 0. The normalized spacial score (nSPS) is 14.9. The summed E-state index contributed by atoms with van der Waals surface area (Å²) in [5, 5.41) is 13.0. The first-order valence-corrected chi connectivity index (χ1v) is 16.4.